The molecule has 0 aliphatic heterocycles. The second kappa shape index (κ2) is 18.7. The Hall–Kier alpha value is -4.86. The van der Waals surface area contributed by atoms with Gasteiger partial charge in [0.1, 0.15) is 12.1 Å². The van der Waals surface area contributed by atoms with Crippen LogP contribution in [0.15, 0.2) is 97.8 Å². The molecule has 11 heteroatoms. The van der Waals surface area contributed by atoms with Crippen molar-refractivity contribution in [3.8, 4) is 12.1 Å². The quantitative estimate of drug-likeness (QED) is 0.345. The van der Waals surface area contributed by atoms with E-state index >= 15 is 0 Å². The maximum Gasteiger partial charge on any atom is 2.00 e. The summed E-state index contributed by atoms with van der Waals surface area (Å²) in [6.45, 7) is 0. The maximum absolute atomic E-state index is 10.1. The van der Waals surface area contributed by atoms with Gasteiger partial charge in [-0.2, -0.15) is 10.5 Å². The summed E-state index contributed by atoms with van der Waals surface area (Å²) in [6, 6.07) is 20.3. The third kappa shape index (κ3) is 14.0. The number of nitriles is 2. The standard InChI is InChI=1S/2C7H4N2O2.2C5H5N.Zn/c2*8-3-5-1-2-6(7(10)11)9-4-5;2*1-2-4-6-5-3-1;/h2*1-2,4H,(H,10,11);2*1-5H;/q;;;;+2/p-2. The molecule has 0 aliphatic carbocycles. The third-order valence-electron chi connectivity index (χ3n) is 3.34. The number of rotatable bonds is 2. The molecule has 0 atom stereocenters. The summed E-state index contributed by atoms with van der Waals surface area (Å²) >= 11 is 0. The summed E-state index contributed by atoms with van der Waals surface area (Å²) in [6.07, 6.45) is 9.37. The van der Waals surface area contributed by atoms with Gasteiger partial charge >= 0.3 is 19.5 Å². The number of hydrogen-bond acceptors (Lipinski definition) is 10. The Morgan fingerprint density at radius 1 is 0.629 bits per heavy atom. The van der Waals surface area contributed by atoms with Crippen molar-refractivity contribution >= 4 is 11.9 Å². The van der Waals surface area contributed by atoms with Crippen LogP contribution < -0.4 is 10.2 Å². The fraction of sp³-hybridized carbons (Fsp3) is 0. The van der Waals surface area contributed by atoms with Crippen LogP contribution >= 0.6 is 0 Å². The van der Waals surface area contributed by atoms with E-state index in [-0.39, 0.29) is 30.9 Å². The third-order valence-corrected chi connectivity index (χ3v) is 3.34. The Morgan fingerprint density at radius 3 is 1.11 bits per heavy atom. The molecule has 4 heterocycles. The van der Waals surface area contributed by atoms with E-state index in [4.69, 9.17) is 10.5 Å². The molecule has 0 aliphatic rings. The first-order valence-corrected chi connectivity index (χ1v) is 9.33. The molecule has 4 aromatic heterocycles. The Kier molecular flexibility index (Phi) is 16.1. The van der Waals surface area contributed by atoms with Crippen LogP contribution in [-0.2, 0) is 19.5 Å². The molecule has 0 N–H and O–H groups in total. The Morgan fingerprint density at radius 2 is 0.971 bits per heavy atom. The smallest absolute Gasteiger partial charge is 0.543 e. The zero-order valence-corrected chi connectivity index (χ0v) is 21.2. The molecular formula is C24H16N6O4Zn. The van der Waals surface area contributed by atoms with Crippen LogP contribution in [0.4, 0.5) is 0 Å². The summed E-state index contributed by atoms with van der Waals surface area (Å²) in [4.78, 5) is 34.8. The van der Waals surface area contributed by atoms with Gasteiger partial charge in [-0.15, -0.1) is 0 Å². The van der Waals surface area contributed by atoms with Gasteiger partial charge < -0.3 is 19.8 Å². The van der Waals surface area contributed by atoms with E-state index in [9.17, 15) is 19.8 Å². The van der Waals surface area contributed by atoms with Gasteiger partial charge in [0, 0.05) is 37.2 Å². The van der Waals surface area contributed by atoms with Crippen LogP contribution in [0, 0.1) is 22.7 Å². The maximum atomic E-state index is 10.1. The molecule has 4 rings (SSSR count). The minimum Gasteiger partial charge on any atom is -0.543 e. The van der Waals surface area contributed by atoms with E-state index in [1.54, 1.807) is 24.8 Å². The summed E-state index contributed by atoms with van der Waals surface area (Å²) in [5.41, 5.74) is 0.331. The van der Waals surface area contributed by atoms with Crippen LogP contribution in [0.25, 0.3) is 0 Å². The number of aromatic carboxylic acids is 2. The Balaban J connectivity index is 0.000000452. The molecule has 0 amide bonds. The molecule has 0 saturated carbocycles. The SMILES string of the molecule is N#Cc1ccc(C(=O)[O-])nc1.N#Cc1ccc(C(=O)[O-])nc1.[Zn+2].c1ccncc1.c1ccncc1. The second-order valence-corrected chi connectivity index (χ2v) is 5.71. The first-order valence-electron chi connectivity index (χ1n) is 9.33. The van der Waals surface area contributed by atoms with Crippen LogP contribution in [0.3, 0.4) is 0 Å². The zero-order chi connectivity index (χ0) is 25.0. The molecule has 10 nitrogen and oxygen atoms in total. The van der Waals surface area contributed by atoms with Crippen LogP contribution in [0.2, 0.25) is 0 Å². The number of nitrogens with zero attached hydrogens (tertiary/aromatic N) is 6. The number of hydrogen-bond donors (Lipinski definition) is 0. The van der Waals surface area contributed by atoms with E-state index in [0.717, 1.165) is 0 Å². The molecule has 0 radical (unpaired) electrons. The largest absolute Gasteiger partial charge is 2.00 e. The molecule has 0 unspecified atom stereocenters. The van der Waals surface area contributed by atoms with E-state index in [2.05, 4.69) is 19.9 Å². The van der Waals surface area contributed by atoms with Crippen molar-refractivity contribution in [1.82, 2.24) is 19.9 Å². The van der Waals surface area contributed by atoms with Gasteiger partial charge in [0.05, 0.1) is 34.5 Å². The van der Waals surface area contributed by atoms with E-state index in [0.29, 0.717) is 11.1 Å². The minimum absolute atomic E-state index is 0. The predicted molar refractivity (Wildman–Crippen MR) is 115 cm³/mol. The van der Waals surface area contributed by atoms with Gasteiger partial charge in [-0.25, -0.2) is 0 Å². The van der Waals surface area contributed by atoms with Crippen molar-refractivity contribution in [2.45, 2.75) is 0 Å². The first-order chi connectivity index (χ1) is 16.5. The summed E-state index contributed by atoms with van der Waals surface area (Å²) in [5.74, 6) is -2.68. The number of aromatic nitrogens is 4. The average molecular weight is 518 g/mol. The topological polar surface area (TPSA) is 179 Å². The van der Waals surface area contributed by atoms with Gasteiger partial charge in [0.25, 0.3) is 0 Å². The molecule has 0 saturated heterocycles. The molecule has 35 heavy (non-hydrogen) atoms. The van der Waals surface area contributed by atoms with Crippen LogP contribution in [0.1, 0.15) is 32.1 Å². The molecule has 0 spiro atoms. The van der Waals surface area contributed by atoms with Gasteiger partial charge in [-0.1, -0.05) is 12.1 Å². The fourth-order valence-electron chi connectivity index (χ4n) is 1.79. The van der Waals surface area contributed by atoms with Crippen molar-refractivity contribution in [3.05, 3.63) is 120 Å². The van der Waals surface area contributed by atoms with Crippen molar-refractivity contribution in [1.29, 1.82) is 10.5 Å². The summed E-state index contributed by atoms with van der Waals surface area (Å²) in [7, 11) is 0. The monoisotopic (exact) mass is 516 g/mol. The number of carbonyl (C=O) groups is 2. The molecule has 0 fully saturated rings. The number of carboxylic acids is 2. The van der Waals surface area contributed by atoms with Crippen molar-refractivity contribution < 1.29 is 39.3 Å². The van der Waals surface area contributed by atoms with Gasteiger partial charge in [0.15, 0.2) is 0 Å². The first kappa shape index (κ1) is 30.1. The predicted octanol–water partition coefficient (Wildman–Crippen LogP) is 0.794. The molecule has 0 bridgehead atoms. The van der Waals surface area contributed by atoms with Crippen molar-refractivity contribution in [3.63, 3.8) is 0 Å². The minimum atomic E-state index is -1.34. The van der Waals surface area contributed by atoms with E-state index < -0.39 is 11.9 Å². The van der Waals surface area contributed by atoms with Gasteiger partial charge in [-0.05, 0) is 48.5 Å². The average Bonchev–Trinajstić information content (AvgIpc) is 2.92. The zero-order valence-electron chi connectivity index (χ0n) is 18.3. The van der Waals surface area contributed by atoms with Crippen LogP contribution in [-0.4, -0.2) is 31.9 Å². The van der Waals surface area contributed by atoms with Crippen LogP contribution in [0.5, 0.6) is 0 Å². The molecule has 4 aromatic rings. The van der Waals surface area contributed by atoms with Crippen molar-refractivity contribution in [2.75, 3.05) is 0 Å². The van der Waals surface area contributed by atoms with Crippen molar-refractivity contribution in [2.24, 2.45) is 0 Å². The summed E-state index contributed by atoms with van der Waals surface area (Å²) in [5, 5.41) is 36.9. The van der Waals surface area contributed by atoms with E-state index in [1.807, 2.05) is 48.5 Å². The summed E-state index contributed by atoms with van der Waals surface area (Å²) < 4.78 is 0. The number of carbonyl (C=O) groups excluding carboxylic acids is 2. The Bertz CT molecular complexity index is 1060. The molecule has 0 aromatic carbocycles. The van der Waals surface area contributed by atoms with Gasteiger partial charge in [-0.3, -0.25) is 19.9 Å². The van der Waals surface area contributed by atoms with E-state index in [1.165, 1.54) is 36.7 Å². The number of carboxylic acid groups (broad SMARTS) is 2. The van der Waals surface area contributed by atoms with Gasteiger partial charge in [0.2, 0.25) is 0 Å². The number of pyridine rings is 4. The molecular weight excluding hydrogens is 502 g/mol. The fourth-order valence-corrected chi connectivity index (χ4v) is 1.79. The Labute approximate surface area is 214 Å². The second-order valence-electron chi connectivity index (χ2n) is 5.71. The normalized spacial score (nSPS) is 8.17. The molecule has 168 valence electrons.